The molecule has 0 aliphatic rings. The van der Waals surface area contributed by atoms with E-state index in [1.54, 1.807) is 13.8 Å². The molecule has 0 heterocycles. The van der Waals surface area contributed by atoms with E-state index in [1.807, 2.05) is 6.92 Å². The molecule has 1 atom stereocenters. The van der Waals surface area contributed by atoms with E-state index in [2.05, 4.69) is 16.1 Å². The Kier molecular flexibility index (Phi) is 6.51. The summed E-state index contributed by atoms with van der Waals surface area (Å²) in [5, 5.41) is 2.62. The summed E-state index contributed by atoms with van der Waals surface area (Å²) in [6, 6.07) is 0. The third-order valence-corrected chi connectivity index (χ3v) is 3.45. The minimum absolute atomic E-state index is 0.0972. The lowest BCUT2D eigenvalue weighted by atomic mass is 9.89. The van der Waals surface area contributed by atoms with E-state index in [4.69, 9.17) is 4.55 Å². The zero-order valence-electron chi connectivity index (χ0n) is 11.0. The van der Waals surface area contributed by atoms with Gasteiger partial charge in [0.15, 0.2) is 0 Å². The second-order valence-corrected chi connectivity index (χ2v) is 5.68. The second kappa shape index (κ2) is 6.86. The highest BCUT2D eigenvalue weighted by molar-refractivity contribution is 7.80. The summed E-state index contributed by atoms with van der Waals surface area (Å²) in [6.07, 6.45) is 2.52. The third kappa shape index (κ3) is 7.41. The van der Waals surface area contributed by atoms with E-state index in [-0.39, 0.29) is 11.8 Å². The topological polar surface area (TPSA) is 92.7 Å². The van der Waals surface area contributed by atoms with Crippen LogP contribution in [-0.2, 0) is 19.4 Å². The average Bonchev–Trinajstić information content (AvgIpc) is 2.20. The Balaban J connectivity index is 4.11. The van der Waals surface area contributed by atoms with Crippen molar-refractivity contribution in [2.24, 2.45) is 5.92 Å². The zero-order valence-corrected chi connectivity index (χ0v) is 11.8. The summed E-state index contributed by atoms with van der Waals surface area (Å²) in [5.41, 5.74) is -0.990. The quantitative estimate of drug-likeness (QED) is 0.397. The molecule has 7 heteroatoms. The number of amides is 1. The van der Waals surface area contributed by atoms with Crippen LogP contribution in [0, 0.1) is 5.92 Å². The number of carbonyl (C=O) groups excluding carboxylic acids is 1. The van der Waals surface area contributed by atoms with E-state index >= 15 is 0 Å². The molecule has 106 valence electrons. The van der Waals surface area contributed by atoms with Crippen LogP contribution in [0.3, 0.4) is 0 Å². The van der Waals surface area contributed by atoms with Gasteiger partial charge in [-0.2, -0.15) is 8.42 Å². The van der Waals surface area contributed by atoms with Crippen molar-refractivity contribution in [1.82, 2.24) is 5.32 Å². The monoisotopic (exact) mass is 279 g/mol. The summed E-state index contributed by atoms with van der Waals surface area (Å²) in [6.45, 7) is 8.81. The Morgan fingerprint density at radius 3 is 2.56 bits per heavy atom. The molecule has 0 fully saturated rings. The molecule has 1 amide bonds. The predicted octanol–water partition coefficient (Wildman–Crippen LogP) is 1.30. The maximum Gasteiger partial charge on any atom is 0.397 e. The van der Waals surface area contributed by atoms with Crippen molar-refractivity contribution in [2.75, 3.05) is 6.54 Å². The van der Waals surface area contributed by atoms with Crippen molar-refractivity contribution in [1.29, 1.82) is 0 Å². The van der Waals surface area contributed by atoms with Crippen LogP contribution >= 0.6 is 0 Å². The standard InChI is InChI=1S/C11H21NO5S/c1-5-10(13)12-8-6-7-9(2)11(3,4)17-18(14,15)16/h5,9H,1,6-8H2,2-4H3,(H,12,13)(H,14,15,16). The van der Waals surface area contributed by atoms with Crippen LogP contribution in [0.15, 0.2) is 12.7 Å². The predicted molar refractivity (Wildman–Crippen MR) is 68.3 cm³/mol. The molecule has 0 bridgehead atoms. The number of carbonyl (C=O) groups is 1. The SMILES string of the molecule is C=CC(=O)NCCCC(C)C(C)(C)OS(=O)(=O)O. The highest BCUT2D eigenvalue weighted by Crippen LogP contribution is 2.26. The lowest BCUT2D eigenvalue weighted by molar-refractivity contribution is -0.116. The summed E-state index contributed by atoms with van der Waals surface area (Å²) in [7, 11) is -4.46. The van der Waals surface area contributed by atoms with Gasteiger partial charge in [0.2, 0.25) is 5.91 Å². The van der Waals surface area contributed by atoms with Crippen LogP contribution in [0.5, 0.6) is 0 Å². The highest BCUT2D eigenvalue weighted by atomic mass is 32.3. The first-order valence-corrected chi connectivity index (χ1v) is 7.03. The maximum atomic E-state index is 10.9. The van der Waals surface area contributed by atoms with E-state index in [1.165, 1.54) is 6.08 Å². The molecule has 0 aromatic carbocycles. The minimum atomic E-state index is -4.46. The van der Waals surface area contributed by atoms with E-state index in [9.17, 15) is 13.2 Å². The molecule has 1 unspecified atom stereocenters. The molecule has 2 N–H and O–H groups in total. The van der Waals surface area contributed by atoms with Crippen LogP contribution in [0.2, 0.25) is 0 Å². The van der Waals surface area contributed by atoms with Gasteiger partial charge in [-0.1, -0.05) is 13.5 Å². The molecule has 0 aromatic rings. The second-order valence-electron chi connectivity index (χ2n) is 4.65. The Morgan fingerprint density at radius 2 is 2.11 bits per heavy atom. The third-order valence-electron chi connectivity index (χ3n) is 2.81. The van der Waals surface area contributed by atoms with E-state index in [0.717, 1.165) is 0 Å². The fraction of sp³-hybridized carbons (Fsp3) is 0.727. The molecule has 6 nitrogen and oxygen atoms in total. The van der Waals surface area contributed by atoms with E-state index < -0.39 is 16.0 Å². The molecule has 0 aliphatic carbocycles. The van der Waals surface area contributed by atoms with Gasteiger partial charge in [-0.3, -0.25) is 9.35 Å². The van der Waals surface area contributed by atoms with Crippen molar-refractivity contribution < 1.29 is 21.9 Å². The molecular weight excluding hydrogens is 258 g/mol. The zero-order chi connectivity index (χ0) is 14.4. The van der Waals surface area contributed by atoms with Crippen LogP contribution in [-0.4, -0.2) is 31.0 Å². The molecule has 0 spiro atoms. The van der Waals surface area contributed by atoms with Gasteiger partial charge in [0, 0.05) is 6.54 Å². The van der Waals surface area contributed by atoms with Gasteiger partial charge in [0.05, 0.1) is 5.60 Å². The number of hydrogen-bond donors (Lipinski definition) is 2. The van der Waals surface area contributed by atoms with Gasteiger partial charge in [0.1, 0.15) is 0 Å². The summed E-state index contributed by atoms with van der Waals surface area (Å²) in [4.78, 5) is 10.9. The van der Waals surface area contributed by atoms with Gasteiger partial charge in [-0.05, 0) is 38.7 Å². The first-order chi connectivity index (χ1) is 8.08. The van der Waals surface area contributed by atoms with Gasteiger partial charge in [-0.25, -0.2) is 4.18 Å². The first-order valence-electron chi connectivity index (χ1n) is 5.67. The van der Waals surface area contributed by atoms with Crippen molar-refractivity contribution in [3.63, 3.8) is 0 Å². The lowest BCUT2D eigenvalue weighted by Gasteiger charge is -2.29. The van der Waals surface area contributed by atoms with Gasteiger partial charge in [0.25, 0.3) is 0 Å². The molecule has 0 aliphatic heterocycles. The van der Waals surface area contributed by atoms with Crippen molar-refractivity contribution in [3.8, 4) is 0 Å². The Morgan fingerprint density at radius 1 is 1.56 bits per heavy atom. The van der Waals surface area contributed by atoms with Crippen molar-refractivity contribution in [3.05, 3.63) is 12.7 Å². The molecule has 0 saturated carbocycles. The van der Waals surface area contributed by atoms with Crippen LogP contribution in [0.25, 0.3) is 0 Å². The van der Waals surface area contributed by atoms with Crippen LogP contribution in [0.1, 0.15) is 33.6 Å². The van der Waals surface area contributed by atoms with Crippen LogP contribution < -0.4 is 5.32 Å². The maximum absolute atomic E-state index is 10.9. The number of nitrogens with one attached hydrogen (secondary N) is 1. The summed E-state index contributed by atoms with van der Waals surface area (Å²) >= 11 is 0. The first kappa shape index (κ1) is 17.1. The fourth-order valence-electron chi connectivity index (χ4n) is 1.39. The molecule has 0 rings (SSSR count). The van der Waals surface area contributed by atoms with Crippen molar-refractivity contribution >= 4 is 16.3 Å². The lowest BCUT2D eigenvalue weighted by Crippen LogP contribution is -2.35. The molecule has 18 heavy (non-hydrogen) atoms. The molecule has 0 saturated heterocycles. The Hall–Kier alpha value is -0.920. The fourth-order valence-corrected chi connectivity index (χ4v) is 2.10. The molecule has 0 radical (unpaired) electrons. The van der Waals surface area contributed by atoms with Gasteiger partial charge in [-0.15, -0.1) is 0 Å². The molecular formula is C11H21NO5S. The number of hydrogen-bond acceptors (Lipinski definition) is 4. The van der Waals surface area contributed by atoms with Crippen molar-refractivity contribution in [2.45, 2.75) is 39.2 Å². The minimum Gasteiger partial charge on any atom is -0.353 e. The summed E-state index contributed by atoms with van der Waals surface area (Å²) in [5.74, 6) is -0.337. The number of rotatable bonds is 8. The highest BCUT2D eigenvalue weighted by Gasteiger charge is 2.31. The Labute approximate surface area is 108 Å². The largest absolute Gasteiger partial charge is 0.397 e. The van der Waals surface area contributed by atoms with Gasteiger partial charge < -0.3 is 5.32 Å². The van der Waals surface area contributed by atoms with Crippen LogP contribution in [0.4, 0.5) is 0 Å². The summed E-state index contributed by atoms with van der Waals surface area (Å²) < 4.78 is 34.6. The smallest absolute Gasteiger partial charge is 0.353 e. The average molecular weight is 279 g/mol. The normalized spacial score (nSPS) is 14.0. The Bertz CT molecular complexity index is 388. The molecule has 0 aromatic heterocycles. The van der Waals surface area contributed by atoms with Gasteiger partial charge >= 0.3 is 10.4 Å². The van der Waals surface area contributed by atoms with E-state index in [0.29, 0.717) is 19.4 Å².